The number of furan rings is 1. The van der Waals surface area contributed by atoms with Crippen molar-refractivity contribution in [1.29, 1.82) is 0 Å². The van der Waals surface area contributed by atoms with E-state index < -0.39 is 21.5 Å². The molecule has 0 atom stereocenters. The molecule has 0 spiro atoms. The summed E-state index contributed by atoms with van der Waals surface area (Å²) < 4.78 is 39.0. The van der Waals surface area contributed by atoms with E-state index >= 15 is 0 Å². The number of sulfonamides is 1. The summed E-state index contributed by atoms with van der Waals surface area (Å²) in [6.45, 7) is 5.43. The Kier molecular flexibility index (Phi) is 5.32. The monoisotopic (exact) mass is 416 g/mol. The van der Waals surface area contributed by atoms with Crippen molar-refractivity contribution in [3.63, 3.8) is 0 Å². The number of benzene rings is 2. The maximum Gasteiger partial charge on any atom is 0.300 e. The fraction of sp³-hybridized carbons (Fsp3) is 0.286. The lowest BCUT2D eigenvalue weighted by molar-refractivity contribution is 0.0956. The number of rotatable bonds is 5. The molecule has 0 aliphatic rings. The van der Waals surface area contributed by atoms with Crippen LogP contribution in [0.2, 0.25) is 0 Å². The van der Waals surface area contributed by atoms with Crippen LogP contribution >= 0.6 is 0 Å². The molecule has 0 radical (unpaired) electrons. The molecular weight excluding hydrogens is 392 g/mol. The summed E-state index contributed by atoms with van der Waals surface area (Å²) in [5.74, 6) is -0.771. The Morgan fingerprint density at radius 3 is 2.41 bits per heavy atom. The molecule has 0 fully saturated rings. The lowest BCUT2D eigenvalue weighted by Gasteiger charge is -2.23. The van der Waals surface area contributed by atoms with Crippen molar-refractivity contribution in [1.82, 2.24) is 4.72 Å². The minimum atomic E-state index is -4.16. The van der Waals surface area contributed by atoms with Gasteiger partial charge in [0.15, 0.2) is 5.76 Å². The van der Waals surface area contributed by atoms with Crippen LogP contribution in [0.25, 0.3) is 11.0 Å². The number of para-hydroxylation sites is 1. The highest BCUT2D eigenvalue weighted by molar-refractivity contribution is 7.90. The second-order valence-electron chi connectivity index (χ2n) is 7.82. The van der Waals surface area contributed by atoms with E-state index in [2.05, 4.69) is 4.72 Å². The standard InChI is InChI=1S/C21H24N2O5S/c1-21(2,3)28-16-8-6-7-9-19(16)29(25,26)22-20(24)18-12-14-10-11-15(23(4)5)13-17(14)27-18/h6-13H,1-5H3,(H,22,24). The largest absolute Gasteiger partial charge is 0.487 e. The second-order valence-corrected chi connectivity index (χ2v) is 9.47. The Morgan fingerprint density at radius 1 is 1.07 bits per heavy atom. The van der Waals surface area contributed by atoms with Crippen molar-refractivity contribution < 1.29 is 22.4 Å². The molecule has 1 amide bonds. The SMILES string of the molecule is CN(C)c1ccc2cc(C(=O)NS(=O)(=O)c3ccccc3OC(C)(C)C)oc2c1. The van der Waals surface area contributed by atoms with Crippen molar-refractivity contribution in [3.8, 4) is 5.75 Å². The number of amides is 1. The molecule has 7 nitrogen and oxygen atoms in total. The molecule has 29 heavy (non-hydrogen) atoms. The van der Waals surface area contributed by atoms with E-state index in [1.54, 1.807) is 24.3 Å². The number of ether oxygens (including phenoxy) is 1. The predicted octanol–water partition coefficient (Wildman–Crippen LogP) is 3.79. The molecule has 2 aromatic carbocycles. The van der Waals surface area contributed by atoms with Gasteiger partial charge >= 0.3 is 5.91 Å². The molecule has 8 heteroatoms. The van der Waals surface area contributed by atoms with Crippen LogP contribution in [0.15, 0.2) is 57.8 Å². The number of carbonyl (C=O) groups excluding carboxylic acids is 1. The molecule has 0 unspecified atom stereocenters. The van der Waals surface area contributed by atoms with Crippen LogP contribution in [0.5, 0.6) is 5.75 Å². The quantitative estimate of drug-likeness (QED) is 0.681. The number of hydrogen-bond acceptors (Lipinski definition) is 6. The smallest absolute Gasteiger partial charge is 0.300 e. The van der Waals surface area contributed by atoms with Gasteiger partial charge in [0.1, 0.15) is 21.8 Å². The Bertz CT molecular complexity index is 1160. The number of hydrogen-bond donors (Lipinski definition) is 1. The molecule has 1 aromatic heterocycles. The lowest BCUT2D eigenvalue weighted by Crippen LogP contribution is -2.31. The molecule has 154 valence electrons. The first kappa shape index (κ1) is 20.7. The number of anilines is 1. The van der Waals surface area contributed by atoms with Gasteiger partial charge in [-0.1, -0.05) is 12.1 Å². The van der Waals surface area contributed by atoms with Gasteiger partial charge in [-0.05, 0) is 51.1 Å². The predicted molar refractivity (Wildman–Crippen MR) is 112 cm³/mol. The van der Waals surface area contributed by atoms with Crippen LogP contribution in [-0.2, 0) is 10.0 Å². The van der Waals surface area contributed by atoms with Crippen molar-refractivity contribution in [2.24, 2.45) is 0 Å². The van der Waals surface area contributed by atoms with E-state index in [1.807, 2.05) is 51.9 Å². The van der Waals surface area contributed by atoms with E-state index in [0.717, 1.165) is 5.69 Å². The fourth-order valence-corrected chi connectivity index (χ4v) is 3.81. The Morgan fingerprint density at radius 2 is 1.76 bits per heavy atom. The molecule has 0 saturated heterocycles. The zero-order valence-corrected chi connectivity index (χ0v) is 17.8. The number of carbonyl (C=O) groups is 1. The van der Waals surface area contributed by atoms with Crippen molar-refractivity contribution in [2.75, 3.05) is 19.0 Å². The van der Waals surface area contributed by atoms with Gasteiger partial charge in [0.25, 0.3) is 10.0 Å². The first-order valence-corrected chi connectivity index (χ1v) is 10.5. The maximum atomic E-state index is 12.8. The third-order valence-electron chi connectivity index (χ3n) is 4.03. The Balaban J connectivity index is 1.90. The van der Waals surface area contributed by atoms with Gasteiger partial charge in [0, 0.05) is 31.2 Å². The zero-order chi connectivity index (χ0) is 21.4. The van der Waals surface area contributed by atoms with Gasteiger partial charge in [0.2, 0.25) is 0 Å². The average molecular weight is 416 g/mol. The summed E-state index contributed by atoms with van der Waals surface area (Å²) >= 11 is 0. The molecular formula is C21H24N2O5S. The third-order valence-corrected chi connectivity index (χ3v) is 5.40. The Labute approximate surface area is 170 Å². The minimum Gasteiger partial charge on any atom is -0.487 e. The highest BCUT2D eigenvalue weighted by Crippen LogP contribution is 2.28. The van der Waals surface area contributed by atoms with Crippen molar-refractivity contribution in [2.45, 2.75) is 31.3 Å². The highest BCUT2D eigenvalue weighted by Gasteiger charge is 2.26. The average Bonchev–Trinajstić information content (AvgIpc) is 3.03. The maximum absolute atomic E-state index is 12.8. The number of nitrogens with zero attached hydrogens (tertiary/aromatic N) is 1. The van der Waals surface area contributed by atoms with Crippen LogP contribution in [0, 0.1) is 0 Å². The van der Waals surface area contributed by atoms with E-state index in [0.29, 0.717) is 11.0 Å². The van der Waals surface area contributed by atoms with Crippen LogP contribution in [0.3, 0.4) is 0 Å². The molecule has 1 N–H and O–H groups in total. The summed E-state index contributed by atoms with van der Waals surface area (Å²) in [5.41, 5.74) is 0.799. The van der Waals surface area contributed by atoms with Gasteiger partial charge in [-0.3, -0.25) is 4.79 Å². The summed E-state index contributed by atoms with van der Waals surface area (Å²) in [6, 6.07) is 13.2. The zero-order valence-electron chi connectivity index (χ0n) is 17.0. The second kappa shape index (κ2) is 7.44. The molecule has 0 saturated carbocycles. The molecule has 1 heterocycles. The first-order chi connectivity index (χ1) is 13.5. The Hall–Kier alpha value is -3.00. The van der Waals surface area contributed by atoms with E-state index in [1.165, 1.54) is 12.1 Å². The molecule has 0 aliphatic heterocycles. The third kappa shape index (κ3) is 4.71. The van der Waals surface area contributed by atoms with Gasteiger partial charge in [-0.2, -0.15) is 0 Å². The van der Waals surface area contributed by atoms with Crippen LogP contribution in [0.1, 0.15) is 31.3 Å². The van der Waals surface area contributed by atoms with E-state index in [-0.39, 0.29) is 16.4 Å². The van der Waals surface area contributed by atoms with Gasteiger partial charge in [-0.25, -0.2) is 13.1 Å². The molecule has 3 rings (SSSR count). The molecule has 0 aliphatic carbocycles. The molecule has 0 bridgehead atoms. The van der Waals surface area contributed by atoms with E-state index in [9.17, 15) is 13.2 Å². The van der Waals surface area contributed by atoms with Gasteiger partial charge in [-0.15, -0.1) is 0 Å². The van der Waals surface area contributed by atoms with Crippen molar-refractivity contribution in [3.05, 3.63) is 54.3 Å². The topological polar surface area (TPSA) is 88.9 Å². The van der Waals surface area contributed by atoms with Crippen LogP contribution < -0.4 is 14.4 Å². The van der Waals surface area contributed by atoms with Gasteiger partial charge in [0.05, 0.1) is 0 Å². The lowest BCUT2D eigenvalue weighted by atomic mass is 10.2. The van der Waals surface area contributed by atoms with Crippen LogP contribution in [-0.4, -0.2) is 34.0 Å². The normalized spacial score (nSPS) is 12.0. The number of nitrogens with one attached hydrogen (secondary N) is 1. The van der Waals surface area contributed by atoms with Crippen LogP contribution in [0.4, 0.5) is 5.69 Å². The van der Waals surface area contributed by atoms with E-state index in [4.69, 9.17) is 9.15 Å². The van der Waals surface area contributed by atoms with Gasteiger partial charge < -0.3 is 14.1 Å². The minimum absolute atomic E-state index is 0.0892. The molecule has 3 aromatic rings. The van der Waals surface area contributed by atoms with Crippen molar-refractivity contribution >= 4 is 32.6 Å². The number of fused-ring (bicyclic) bond motifs is 1. The highest BCUT2D eigenvalue weighted by atomic mass is 32.2. The summed E-state index contributed by atoms with van der Waals surface area (Å²) in [6.07, 6.45) is 0. The summed E-state index contributed by atoms with van der Waals surface area (Å²) in [5, 5.41) is 0.703. The first-order valence-electron chi connectivity index (χ1n) is 9.02. The summed E-state index contributed by atoms with van der Waals surface area (Å²) in [4.78, 5) is 14.4. The fourth-order valence-electron chi connectivity index (χ4n) is 2.72. The summed E-state index contributed by atoms with van der Waals surface area (Å²) in [7, 11) is -0.382.